The normalized spacial score (nSPS) is 14.3. The van der Waals surface area contributed by atoms with E-state index in [0.29, 0.717) is 6.54 Å². The van der Waals surface area contributed by atoms with Crippen molar-refractivity contribution in [1.29, 1.82) is 0 Å². The summed E-state index contributed by atoms with van der Waals surface area (Å²) in [4.78, 5) is 24.6. The molecule has 0 spiro atoms. The predicted octanol–water partition coefficient (Wildman–Crippen LogP) is 1.67. The average molecular weight is 311 g/mol. The van der Waals surface area contributed by atoms with Gasteiger partial charge in [0, 0.05) is 16.9 Å². The van der Waals surface area contributed by atoms with Crippen molar-refractivity contribution in [2.75, 3.05) is 6.54 Å². The molecule has 0 heterocycles. The SMILES string of the molecule is NC(=O)CN(Cc1ccc(Br)cc1)C(=O)C1CC1. The maximum atomic E-state index is 12.0. The van der Waals surface area contributed by atoms with Crippen molar-refractivity contribution in [3.8, 4) is 0 Å². The largest absolute Gasteiger partial charge is 0.368 e. The highest BCUT2D eigenvalue weighted by atomic mass is 79.9. The summed E-state index contributed by atoms with van der Waals surface area (Å²) in [5, 5.41) is 0. The molecule has 0 aromatic heterocycles. The van der Waals surface area contributed by atoms with Crippen molar-refractivity contribution >= 4 is 27.7 Å². The summed E-state index contributed by atoms with van der Waals surface area (Å²) in [5.74, 6) is -0.336. The summed E-state index contributed by atoms with van der Waals surface area (Å²) in [7, 11) is 0. The van der Waals surface area contributed by atoms with Gasteiger partial charge in [-0.25, -0.2) is 0 Å². The Kier molecular flexibility index (Phi) is 4.01. The van der Waals surface area contributed by atoms with Gasteiger partial charge in [0.15, 0.2) is 0 Å². The molecule has 0 bridgehead atoms. The molecule has 2 amide bonds. The van der Waals surface area contributed by atoms with E-state index >= 15 is 0 Å². The lowest BCUT2D eigenvalue weighted by Gasteiger charge is -2.21. The van der Waals surface area contributed by atoms with Gasteiger partial charge in [0.2, 0.25) is 11.8 Å². The molecule has 2 N–H and O–H groups in total. The molecule has 1 saturated carbocycles. The zero-order valence-corrected chi connectivity index (χ0v) is 11.5. The van der Waals surface area contributed by atoms with E-state index in [2.05, 4.69) is 15.9 Å². The second-order valence-electron chi connectivity index (χ2n) is 4.56. The zero-order chi connectivity index (χ0) is 13.1. The Bertz CT molecular complexity index is 455. The van der Waals surface area contributed by atoms with Crippen LogP contribution in [0.2, 0.25) is 0 Å². The first-order chi connectivity index (χ1) is 8.56. The van der Waals surface area contributed by atoms with Crippen LogP contribution in [0.4, 0.5) is 0 Å². The van der Waals surface area contributed by atoms with Crippen LogP contribution >= 0.6 is 15.9 Å². The number of nitrogens with two attached hydrogens (primary N) is 1. The predicted molar refractivity (Wildman–Crippen MR) is 71.5 cm³/mol. The first-order valence-corrected chi connectivity index (χ1v) is 6.67. The molecule has 0 saturated heterocycles. The number of carbonyl (C=O) groups is 2. The standard InChI is InChI=1S/C13H15BrN2O2/c14-11-5-1-9(2-6-11)7-16(8-12(15)17)13(18)10-3-4-10/h1-2,5-6,10H,3-4,7-8H2,(H2,15,17). The number of primary amides is 1. The van der Waals surface area contributed by atoms with Crippen LogP contribution in [0.1, 0.15) is 18.4 Å². The van der Waals surface area contributed by atoms with Crippen LogP contribution in [0.3, 0.4) is 0 Å². The quantitative estimate of drug-likeness (QED) is 0.899. The minimum Gasteiger partial charge on any atom is -0.368 e. The first-order valence-electron chi connectivity index (χ1n) is 5.88. The fraction of sp³-hybridized carbons (Fsp3) is 0.385. The number of halogens is 1. The van der Waals surface area contributed by atoms with E-state index in [1.54, 1.807) is 4.90 Å². The van der Waals surface area contributed by atoms with Crippen LogP contribution in [-0.2, 0) is 16.1 Å². The van der Waals surface area contributed by atoms with Gasteiger partial charge in [-0.2, -0.15) is 0 Å². The highest BCUT2D eigenvalue weighted by Gasteiger charge is 2.33. The summed E-state index contributed by atoms with van der Waals surface area (Å²) < 4.78 is 0.987. The van der Waals surface area contributed by atoms with E-state index in [1.165, 1.54) is 0 Å². The molecule has 2 rings (SSSR count). The van der Waals surface area contributed by atoms with Gasteiger partial charge >= 0.3 is 0 Å². The molecule has 1 aromatic carbocycles. The summed E-state index contributed by atoms with van der Waals surface area (Å²) in [6, 6.07) is 7.69. The van der Waals surface area contributed by atoms with Crippen LogP contribution in [-0.4, -0.2) is 23.3 Å². The number of hydrogen-bond acceptors (Lipinski definition) is 2. The number of nitrogens with zero attached hydrogens (tertiary/aromatic N) is 1. The molecule has 1 aliphatic rings. The lowest BCUT2D eigenvalue weighted by atomic mass is 10.2. The highest BCUT2D eigenvalue weighted by Crippen LogP contribution is 2.31. The summed E-state index contributed by atoms with van der Waals surface area (Å²) in [6.45, 7) is 0.428. The maximum absolute atomic E-state index is 12.0. The average Bonchev–Trinajstić information content (AvgIpc) is 3.13. The molecular formula is C13H15BrN2O2. The summed E-state index contributed by atoms with van der Waals surface area (Å²) in [6.07, 6.45) is 1.85. The number of amides is 2. The van der Waals surface area contributed by atoms with E-state index in [1.807, 2.05) is 24.3 Å². The summed E-state index contributed by atoms with van der Waals surface area (Å²) in [5.41, 5.74) is 6.18. The Hall–Kier alpha value is -1.36. The van der Waals surface area contributed by atoms with Gasteiger partial charge in [-0.1, -0.05) is 28.1 Å². The van der Waals surface area contributed by atoms with Crippen molar-refractivity contribution in [2.45, 2.75) is 19.4 Å². The van der Waals surface area contributed by atoms with Gasteiger partial charge < -0.3 is 10.6 Å². The van der Waals surface area contributed by atoms with E-state index in [0.717, 1.165) is 22.9 Å². The van der Waals surface area contributed by atoms with Crippen molar-refractivity contribution < 1.29 is 9.59 Å². The Morgan fingerprint density at radius 3 is 2.39 bits per heavy atom. The zero-order valence-electron chi connectivity index (χ0n) is 9.93. The Morgan fingerprint density at radius 2 is 1.89 bits per heavy atom. The molecule has 5 heteroatoms. The third-order valence-corrected chi connectivity index (χ3v) is 3.40. The van der Waals surface area contributed by atoms with Gasteiger partial charge in [-0.05, 0) is 30.5 Å². The molecule has 4 nitrogen and oxygen atoms in total. The van der Waals surface area contributed by atoms with Crippen molar-refractivity contribution in [3.05, 3.63) is 34.3 Å². The highest BCUT2D eigenvalue weighted by molar-refractivity contribution is 9.10. The first kappa shape index (κ1) is 13.1. The van der Waals surface area contributed by atoms with Crippen molar-refractivity contribution in [3.63, 3.8) is 0 Å². The minimum absolute atomic E-state index is 0.00853. The van der Waals surface area contributed by atoms with Gasteiger partial charge in [0.1, 0.15) is 0 Å². The maximum Gasteiger partial charge on any atom is 0.237 e. The third kappa shape index (κ3) is 3.57. The van der Waals surface area contributed by atoms with Gasteiger partial charge in [-0.15, -0.1) is 0 Å². The molecule has 1 fully saturated rings. The monoisotopic (exact) mass is 310 g/mol. The molecule has 0 radical (unpaired) electrons. The Labute approximate surface area is 114 Å². The van der Waals surface area contributed by atoms with Gasteiger partial charge in [-0.3, -0.25) is 9.59 Å². The number of carbonyl (C=O) groups excluding carboxylic acids is 2. The summed E-state index contributed by atoms with van der Waals surface area (Å²) >= 11 is 3.36. The molecule has 0 aliphatic heterocycles. The number of hydrogen-bond donors (Lipinski definition) is 1. The minimum atomic E-state index is -0.471. The molecule has 1 aliphatic carbocycles. The fourth-order valence-corrected chi connectivity index (χ4v) is 2.06. The lowest BCUT2D eigenvalue weighted by molar-refractivity contribution is -0.136. The molecule has 0 unspecified atom stereocenters. The number of benzene rings is 1. The van der Waals surface area contributed by atoms with E-state index < -0.39 is 5.91 Å². The van der Waals surface area contributed by atoms with Crippen LogP contribution in [0.5, 0.6) is 0 Å². The van der Waals surface area contributed by atoms with Gasteiger partial charge in [0.05, 0.1) is 6.54 Å². The van der Waals surface area contributed by atoms with Gasteiger partial charge in [0.25, 0.3) is 0 Å². The molecule has 0 atom stereocenters. The smallest absolute Gasteiger partial charge is 0.237 e. The molecule has 18 heavy (non-hydrogen) atoms. The van der Waals surface area contributed by atoms with Crippen molar-refractivity contribution in [1.82, 2.24) is 4.90 Å². The molecule has 96 valence electrons. The number of rotatable bonds is 5. The van der Waals surface area contributed by atoms with Crippen molar-refractivity contribution in [2.24, 2.45) is 11.7 Å². The second kappa shape index (κ2) is 5.52. The van der Waals surface area contributed by atoms with Crippen LogP contribution < -0.4 is 5.73 Å². The fourth-order valence-electron chi connectivity index (χ4n) is 1.80. The van der Waals surface area contributed by atoms with E-state index in [-0.39, 0.29) is 18.4 Å². The second-order valence-corrected chi connectivity index (χ2v) is 5.48. The van der Waals surface area contributed by atoms with E-state index in [4.69, 9.17) is 5.73 Å². The van der Waals surface area contributed by atoms with Crippen LogP contribution in [0.15, 0.2) is 28.7 Å². The topological polar surface area (TPSA) is 63.4 Å². The van der Waals surface area contributed by atoms with Crippen LogP contribution in [0.25, 0.3) is 0 Å². The van der Waals surface area contributed by atoms with Crippen LogP contribution in [0, 0.1) is 5.92 Å². The third-order valence-electron chi connectivity index (χ3n) is 2.87. The molecule has 1 aromatic rings. The lowest BCUT2D eigenvalue weighted by Crippen LogP contribution is -2.38. The molecular weight excluding hydrogens is 296 g/mol. The Balaban J connectivity index is 2.06. The Morgan fingerprint density at radius 1 is 1.28 bits per heavy atom. The van der Waals surface area contributed by atoms with E-state index in [9.17, 15) is 9.59 Å².